The van der Waals surface area contributed by atoms with Crippen molar-refractivity contribution in [2.75, 3.05) is 30.8 Å². The Morgan fingerprint density at radius 1 is 1.19 bits per heavy atom. The van der Waals surface area contributed by atoms with E-state index < -0.39 is 0 Å². The van der Waals surface area contributed by atoms with E-state index in [1.807, 2.05) is 24.3 Å². The van der Waals surface area contributed by atoms with Gasteiger partial charge in [-0.2, -0.15) is 4.98 Å². The zero-order valence-corrected chi connectivity index (χ0v) is 12.3. The van der Waals surface area contributed by atoms with Crippen LogP contribution < -0.4 is 10.6 Å². The summed E-state index contributed by atoms with van der Waals surface area (Å²) in [5.74, 6) is 1.07. The van der Waals surface area contributed by atoms with E-state index in [4.69, 9.17) is 0 Å². The number of rotatable bonds is 7. The molecule has 0 amide bonds. The molecule has 0 aliphatic carbocycles. The Morgan fingerprint density at radius 3 is 2.76 bits per heavy atom. The molecule has 0 atom stereocenters. The number of hydrogen-bond acceptors (Lipinski definition) is 6. The van der Waals surface area contributed by atoms with E-state index in [0.29, 0.717) is 18.9 Å². The number of carbonyl (C=O) groups excluding carboxylic acids is 1. The van der Waals surface area contributed by atoms with Crippen LogP contribution in [-0.4, -0.2) is 36.1 Å². The molecule has 112 valence electrons. The molecule has 0 aliphatic heterocycles. The lowest BCUT2D eigenvalue weighted by Gasteiger charge is -2.11. The predicted octanol–water partition coefficient (Wildman–Crippen LogP) is 2.43. The zero-order valence-electron chi connectivity index (χ0n) is 12.3. The van der Waals surface area contributed by atoms with Gasteiger partial charge >= 0.3 is 5.97 Å². The Balaban J connectivity index is 2.20. The first kappa shape index (κ1) is 15.0. The first-order chi connectivity index (χ1) is 10.2. The summed E-state index contributed by atoms with van der Waals surface area (Å²) < 4.78 is 4.63. The number of nitrogens with one attached hydrogen (secondary N) is 2. The van der Waals surface area contributed by atoms with Gasteiger partial charge in [-0.25, -0.2) is 4.98 Å². The van der Waals surface area contributed by atoms with Gasteiger partial charge in [0.2, 0.25) is 5.95 Å². The molecule has 1 heterocycles. The van der Waals surface area contributed by atoms with Crippen molar-refractivity contribution >= 4 is 28.6 Å². The monoisotopic (exact) mass is 288 g/mol. The molecule has 2 N–H and O–H groups in total. The number of anilines is 2. The first-order valence-corrected chi connectivity index (χ1v) is 7.06. The lowest BCUT2D eigenvalue weighted by Crippen LogP contribution is -2.12. The number of aromatic nitrogens is 2. The van der Waals surface area contributed by atoms with Crippen LogP contribution in [0.2, 0.25) is 0 Å². The van der Waals surface area contributed by atoms with E-state index in [2.05, 4.69) is 32.3 Å². The fraction of sp³-hybridized carbons (Fsp3) is 0.400. The van der Waals surface area contributed by atoms with Crippen molar-refractivity contribution in [1.29, 1.82) is 0 Å². The second-order valence-electron chi connectivity index (χ2n) is 4.59. The zero-order chi connectivity index (χ0) is 15.1. The van der Waals surface area contributed by atoms with Crippen molar-refractivity contribution < 1.29 is 9.53 Å². The van der Waals surface area contributed by atoms with Crippen LogP contribution in [0.5, 0.6) is 0 Å². The number of para-hydroxylation sites is 1. The van der Waals surface area contributed by atoms with Crippen LogP contribution in [0.3, 0.4) is 0 Å². The third-order valence-electron chi connectivity index (χ3n) is 2.99. The highest BCUT2D eigenvalue weighted by Gasteiger charge is 2.07. The molecule has 0 unspecified atom stereocenters. The van der Waals surface area contributed by atoms with Gasteiger partial charge in [0, 0.05) is 18.5 Å². The number of fused-ring (bicyclic) bond motifs is 1. The molecule has 2 rings (SSSR count). The van der Waals surface area contributed by atoms with Gasteiger partial charge in [-0.1, -0.05) is 19.1 Å². The summed E-state index contributed by atoms with van der Waals surface area (Å²) in [4.78, 5) is 20.1. The van der Waals surface area contributed by atoms with Crippen LogP contribution in [0.25, 0.3) is 10.9 Å². The fourth-order valence-corrected chi connectivity index (χ4v) is 1.91. The molecule has 0 spiro atoms. The van der Waals surface area contributed by atoms with Crippen LogP contribution in [0.15, 0.2) is 24.3 Å². The molecule has 1 aromatic carbocycles. The van der Waals surface area contributed by atoms with Crippen molar-refractivity contribution in [2.24, 2.45) is 0 Å². The number of hydrogen-bond donors (Lipinski definition) is 2. The summed E-state index contributed by atoms with van der Waals surface area (Å²) in [7, 11) is 1.38. The van der Waals surface area contributed by atoms with Gasteiger partial charge < -0.3 is 15.4 Å². The number of nitrogens with zero attached hydrogens (tertiary/aromatic N) is 2. The lowest BCUT2D eigenvalue weighted by atomic mass is 10.2. The summed E-state index contributed by atoms with van der Waals surface area (Å²) >= 11 is 0. The van der Waals surface area contributed by atoms with E-state index in [0.717, 1.165) is 29.7 Å². The van der Waals surface area contributed by atoms with Crippen LogP contribution in [-0.2, 0) is 9.53 Å². The van der Waals surface area contributed by atoms with Crippen LogP contribution in [0.4, 0.5) is 11.8 Å². The van der Waals surface area contributed by atoms with Crippen molar-refractivity contribution in [1.82, 2.24) is 9.97 Å². The van der Waals surface area contributed by atoms with E-state index >= 15 is 0 Å². The molecule has 6 heteroatoms. The SMILES string of the molecule is CCCNc1nc(NCCC(=O)OC)c2ccccc2n1. The molecular weight excluding hydrogens is 268 g/mol. The molecule has 0 fully saturated rings. The number of ether oxygens (including phenoxy) is 1. The van der Waals surface area contributed by atoms with Crippen molar-refractivity contribution in [3.63, 3.8) is 0 Å². The molecular formula is C15H20N4O2. The predicted molar refractivity (Wildman–Crippen MR) is 83.4 cm³/mol. The van der Waals surface area contributed by atoms with Crippen molar-refractivity contribution in [3.05, 3.63) is 24.3 Å². The summed E-state index contributed by atoms with van der Waals surface area (Å²) in [6.45, 7) is 3.38. The first-order valence-electron chi connectivity index (χ1n) is 7.06. The molecule has 0 bridgehead atoms. The lowest BCUT2D eigenvalue weighted by molar-refractivity contribution is -0.140. The molecule has 2 aromatic rings. The minimum absolute atomic E-state index is 0.245. The highest BCUT2D eigenvalue weighted by Crippen LogP contribution is 2.21. The van der Waals surface area contributed by atoms with Crippen molar-refractivity contribution in [3.8, 4) is 0 Å². The van der Waals surface area contributed by atoms with Gasteiger partial charge in [-0.15, -0.1) is 0 Å². The maximum absolute atomic E-state index is 11.2. The highest BCUT2D eigenvalue weighted by molar-refractivity contribution is 5.90. The van der Waals surface area contributed by atoms with Crippen LogP contribution in [0, 0.1) is 0 Å². The van der Waals surface area contributed by atoms with E-state index in [9.17, 15) is 4.79 Å². The van der Waals surface area contributed by atoms with Gasteiger partial charge in [0.15, 0.2) is 0 Å². The number of methoxy groups -OCH3 is 1. The van der Waals surface area contributed by atoms with Gasteiger partial charge in [-0.05, 0) is 18.6 Å². The Morgan fingerprint density at radius 2 is 2.00 bits per heavy atom. The summed E-state index contributed by atoms with van der Waals surface area (Å²) in [5, 5.41) is 7.30. The number of carbonyl (C=O) groups is 1. The molecule has 0 saturated carbocycles. The number of benzene rings is 1. The van der Waals surface area contributed by atoms with Crippen LogP contribution >= 0.6 is 0 Å². The van der Waals surface area contributed by atoms with E-state index in [1.54, 1.807) is 0 Å². The molecule has 0 radical (unpaired) electrons. The van der Waals surface area contributed by atoms with Crippen molar-refractivity contribution in [2.45, 2.75) is 19.8 Å². The Kier molecular flexibility index (Phi) is 5.31. The molecule has 21 heavy (non-hydrogen) atoms. The maximum Gasteiger partial charge on any atom is 0.307 e. The quantitative estimate of drug-likeness (QED) is 0.762. The maximum atomic E-state index is 11.2. The third kappa shape index (κ3) is 4.05. The Bertz CT molecular complexity index is 616. The smallest absolute Gasteiger partial charge is 0.307 e. The second-order valence-corrected chi connectivity index (χ2v) is 4.59. The highest BCUT2D eigenvalue weighted by atomic mass is 16.5. The molecule has 0 saturated heterocycles. The molecule has 0 aliphatic rings. The average Bonchev–Trinajstić information content (AvgIpc) is 2.52. The normalized spacial score (nSPS) is 10.4. The van der Waals surface area contributed by atoms with Gasteiger partial charge in [0.25, 0.3) is 0 Å². The van der Waals surface area contributed by atoms with E-state index in [-0.39, 0.29) is 5.97 Å². The Hall–Kier alpha value is -2.37. The second kappa shape index (κ2) is 7.42. The van der Waals surface area contributed by atoms with Gasteiger partial charge in [-0.3, -0.25) is 4.79 Å². The van der Waals surface area contributed by atoms with Crippen LogP contribution in [0.1, 0.15) is 19.8 Å². The third-order valence-corrected chi connectivity index (χ3v) is 2.99. The summed E-state index contributed by atoms with van der Waals surface area (Å²) in [6, 6.07) is 7.78. The number of esters is 1. The topological polar surface area (TPSA) is 76.1 Å². The minimum atomic E-state index is -0.245. The van der Waals surface area contributed by atoms with Gasteiger partial charge in [0.05, 0.1) is 19.0 Å². The largest absolute Gasteiger partial charge is 0.469 e. The van der Waals surface area contributed by atoms with Gasteiger partial charge in [0.1, 0.15) is 5.82 Å². The molecule has 1 aromatic heterocycles. The summed E-state index contributed by atoms with van der Waals surface area (Å²) in [6.07, 6.45) is 1.30. The standard InChI is InChI=1S/C15H20N4O2/c1-3-9-17-15-18-12-7-5-4-6-11(12)14(19-15)16-10-8-13(20)21-2/h4-7H,3,8-10H2,1-2H3,(H2,16,17,18,19). The van der Waals surface area contributed by atoms with E-state index in [1.165, 1.54) is 7.11 Å². The summed E-state index contributed by atoms with van der Waals surface area (Å²) in [5.41, 5.74) is 0.867. The Labute approximate surface area is 123 Å². The molecule has 6 nitrogen and oxygen atoms in total. The minimum Gasteiger partial charge on any atom is -0.469 e. The fourth-order valence-electron chi connectivity index (χ4n) is 1.91. The average molecular weight is 288 g/mol.